The van der Waals surface area contributed by atoms with E-state index in [0.29, 0.717) is 5.92 Å². The molecule has 0 unspecified atom stereocenters. The van der Waals surface area contributed by atoms with Crippen LogP contribution in [0.25, 0.3) is 11.0 Å². The summed E-state index contributed by atoms with van der Waals surface area (Å²) in [6.07, 6.45) is 1.85. The molecule has 0 radical (unpaired) electrons. The first kappa shape index (κ1) is 9.85. The first-order valence-corrected chi connectivity index (χ1v) is 5.68. The topological polar surface area (TPSA) is 43.8 Å². The molecular weight excluding hydrogens is 198 g/mol. The SMILES string of the molecule is Cn1cnc2cc([C@@H]3[C@@H](N)C3(C)C)ccc21. The van der Waals surface area contributed by atoms with Crippen LogP contribution in [0.1, 0.15) is 25.3 Å². The smallest absolute Gasteiger partial charge is 0.0955 e. The maximum Gasteiger partial charge on any atom is 0.0955 e. The fourth-order valence-corrected chi connectivity index (χ4v) is 2.66. The molecule has 2 aromatic rings. The van der Waals surface area contributed by atoms with E-state index >= 15 is 0 Å². The van der Waals surface area contributed by atoms with Gasteiger partial charge in [0.2, 0.25) is 0 Å². The van der Waals surface area contributed by atoms with Gasteiger partial charge in [-0.2, -0.15) is 0 Å². The van der Waals surface area contributed by atoms with Gasteiger partial charge < -0.3 is 10.3 Å². The number of nitrogens with two attached hydrogens (primary N) is 1. The molecule has 1 aromatic carbocycles. The van der Waals surface area contributed by atoms with Crippen LogP contribution in [-0.2, 0) is 7.05 Å². The van der Waals surface area contributed by atoms with Crippen molar-refractivity contribution in [2.24, 2.45) is 18.2 Å². The lowest BCUT2D eigenvalue weighted by Gasteiger charge is -2.03. The predicted molar refractivity (Wildman–Crippen MR) is 65.2 cm³/mol. The molecule has 0 saturated heterocycles. The summed E-state index contributed by atoms with van der Waals surface area (Å²) in [6.45, 7) is 4.45. The van der Waals surface area contributed by atoms with E-state index < -0.39 is 0 Å². The lowest BCUT2D eigenvalue weighted by Crippen LogP contribution is -2.06. The highest BCUT2D eigenvalue weighted by Gasteiger charge is 2.56. The Kier molecular flexibility index (Phi) is 1.76. The normalized spacial score (nSPS) is 27.2. The summed E-state index contributed by atoms with van der Waals surface area (Å²) in [5.74, 6) is 0.485. The zero-order valence-corrected chi connectivity index (χ0v) is 9.94. The first-order valence-electron chi connectivity index (χ1n) is 5.68. The van der Waals surface area contributed by atoms with Crippen molar-refractivity contribution in [2.45, 2.75) is 25.8 Å². The molecule has 0 aliphatic heterocycles. The van der Waals surface area contributed by atoms with Crippen LogP contribution in [0.3, 0.4) is 0 Å². The monoisotopic (exact) mass is 215 g/mol. The van der Waals surface area contributed by atoms with Crippen molar-refractivity contribution in [1.82, 2.24) is 9.55 Å². The summed E-state index contributed by atoms with van der Waals surface area (Å²) in [4.78, 5) is 4.38. The average molecular weight is 215 g/mol. The van der Waals surface area contributed by atoms with Crippen LogP contribution in [0.2, 0.25) is 0 Å². The second-order valence-electron chi connectivity index (χ2n) is 5.43. The Bertz CT molecular complexity index is 553. The van der Waals surface area contributed by atoms with Crippen LogP contribution in [-0.4, -0.2) is 15.6 Å². The van der Waals surface area contributed by atoms with Crippen LogP contribution in [0.4, 0.5) is 0 Å². The van der Waals surface area contributed by atoms with Gasteiger partial charge in [0.25, 0.3) is 0 Å². The predicted octanol–water partition coefficient (Wildman–Crippen LogP) is 2.02. The van der Waals surface area contributed by atoms with E-state index in [2.05, 4.69) is 37.0 Å². The molecule has 1 aliphatic carbocycles. The molecule has 84 valence electrons. The summed E-state index contributed by atoms with van der Waals surface area (Å²) in [5, 5.41) is 0. The van der Waals surface area contributed by atoms with E-state index in [-0.39, 0.29) is 11.5 Å². The van der Waals surface area contributed by atoms with Crippen LogP contribution in [0, 0.1) is 5.41 Å². The number of fused-ring (bicyclic) bond motifs is 1. The van der Waals surface area contributed by atoms with Gasteiger partial charge in [-0.25, -0.2) is 4.98 Å². The van der Waals surface area contributed by atoms with E-state index in [4.69, 9.17) is 5.73 Å². The number of hydrogen-bond donors (Lipinski definition) is 1. The first-order chi connectivity index (χ1) is 7.51. The van der Waals surface area contributed by atoms with Crippen LogP contribution in [0.5, 0.6) is 0 Å². The van der Waals surface area contributed by atoms with E-state index in [9.17, 15) is 0 Å². The van der Waals surface area contributed by atoms with Crippen molar-refractivity contribution in [1.29, 1.82) is 0 Å². The van der Waals surface area contributed by atoms with Gasteiger partial charge in [0.1, 0.15) is 0 Å². The zero-order valence-electron chi connectivity index (χ0n) is 9.94. The Morgan fingerprint density at radius 3 is 2.69 bits per heavy atom. The lowest BCUT2D eigenvalue weighted by atomic mass is 10.0. The molecule has 1 saturated carbocycles. The van der Waals surface area contributed by atoms with Gasteiger partial charge in [-0.05, 0) is 23.1 Å². The number of benzene rings is 1. The van der Waals surface area contributed by atoms with E-state index in [1.54, 1.807) is 0 Å². The third kappa shape index (κ3) is 1.15. The Morgan fingerprint density at radius 1 is 1.38 bits per heavy atom. The third-order valence-electron chi connectivity index (χ3n) is 4.02. The van der Waals surface area contributed by atoms with Gasteiger partial charge in [0.15, 0.2) is 0 Å². The van der Waals surface area contributed by atoms with Crippen molar-refractivity contribution in [3.8, 4) is 0 Å². The summed E-state index contributed by atoms with van der Waals surface area (Å²) >= 11 is 0. The molecule has 2 atom stereocenters. The van der Waals surface area contributed by atoms with E-state index in [1.165, 1.54) is 11.1 Å². The molecule has 0 bridgehead atoms. The summed E-state index contributed by atoms with van der Waals surface area (Å²) in [7, 11) is 2.02. The van der Waals surface area contributed by atoms with Gasteiger partial charge in [0, 0.05) is 19.0 Å². The number of aryl methyl sites for hydroxylation is 1. The fourth-order valence-electron chi connectivity index (χ4n) is 2.66. The highest BCUT2D eigenvalue weighted by Crippen LogP contribution is 2.57. The molecular formula is C13H17N3. The number of aromatic nitrogens is 2. The van der Waals surface area contributed by atoms with Crippen LogP contribution < -0.4 is 5.73 Å². The van der Waals surface area contributed by atoms with Crippen LogP contribution in [0.15, 0.2) is 24.5 Å². The number of imidazole rings is 1. The molecule has 3 rings (SSSR count). The highest BCUT2D eigenvalue weighted by atomic mass is 15.0. The van der Waals surface area contributed by atoms with Gasteiger partial charge >= 0.3 is 0 Å². The molecule has 0 amide bonds. The largest absolute Gasteiger partial charge is 0.334 e. The standard InChI is InChI=1S/C13H17N3/c1-13(2)11(12(13)14)8-4-5-10-9(6-8)15-7-16(10)3/h4-7,11-12H,14H2,1-3H3/t11-,12-/m1/s1. The number of rotatable bonds is 1. The van der Waals surface area contributed by atoms with Gasteiger partial charge in [0.05, 0.1) is 17.4 Å². The summed E-state index contributed by atoms with van der Waals surface area (Å²) < 4.78 is 2.04. The van der Waals surface area contributed by atoms with E-state index in [0.717, 1.165) is 5.52 Å². The average Bonchev–Trinajstić information content (AvgIpc) is 2.57. The second-order valence-corrected chi connectivity index (χ2v) is 5.43. The maximum absolute atomic E-state index is 6.10. The molecule has 1 fully saturated rings. The molecule has 1 aliphatic rings. The highest BCUT2D eigenvalue weighted by molar-refractivity contribution is 5.76. The minimum atomic E-state index is 0.239. The molecule has 1 aromatic heterocycles. The van der Waals surface area contributed by atoms with E-state index in [1.807, 2.05) is 17.9 Å². The molecule has 1 heterocycles. The fraction of sp³-hybridized carbons (Fsp3) is 0.462. The minimum absolute atomic E-state index is 0.239. The van der Waals surface area contributed by atoms with Gasteiger partial charge in [-0.15, -0.1) is 0 Å². The van der Waals surface area contributed by atoms with Crippen LogP contribution >= 0.6 is 0 Å². The summed E-state index contributed by atoms with van der Waals surface area (Å²) in [5.41, 5.74) is 9.90. The number of nitrogens with zero attached hydrogens (tertiary/aromatic N) is 2. The molecule has 2 N–H and O–H groups in total. The quantitative estimate of drug-likeness (QED) is 0.791. The molecule has 3 heteroatoms. The Morgan fingerprint density at radius 2 is 2.06 bits per heavy atom. The van der Waals surface area contributed by atoms with Crippen molar-refractivity contribution >= 4 is 11.0 Å². The Balaban J connectivity index is 2.07. The number of hydrogen-bond acceptors (Lipinski definition) is 2. The molecule has 3 nitrogen and oxygen atoms in total. The Hall–Kier alpha value is -1.35. The van der Waals surface area contributed by atoms with Crippen molar-refractivity contribution in [3.05, 3.63) is 30.1 Å². The second kappa shape index (κ2) is 2.86. The van der Waals surface area contributed by atoms with Crippen molar-refractivity contribution < 1.29 is 0 Å². The van der Waals surface area contributed by atoms with Gasteiger partial charge in [-0.3, -0.25) is 0 Å². The minimum Gasteiger partial charge on any atom is -0.334 e. The maximum atomic E-state index is 6.10. The van der Waals surface area contributed by atoms with Crippen molar-refractivity contribution in [2.75, 3.05) is 0 Å². The Labute approximate surface area is 95.3 Å². The van der Waals surface area contributed by atoms with Crippen molar-refractivity contribution in [3.63, 3.8) is 0 Å². The zero-order chi connectivity index (χ0) is 11.5. The summed E-state index contributed by atoms with van der Waals surface area (Å²) in [6, 6.07) is 6.78. The molecule has 16 heavy (non-hydrogen) atoms. The molecule has 0 spiro atoms. The lowest BCUT2D eigenvalue weighted by molar-refractivity contribution is 0.599. The third-order valence-corrected chi connectivity index (χ3v) is 4.02. The van der Waals surface area contributed by atoms with Gasteiger partial charge in [-0.1, -0.05) is 19.9 Å².